The van der Waals surface area contributed by atoms with Crippen molar-refractivity contribution in [2.45, 2.75) is 19.9 Å². The van der Waals surface area contributed by atoms with Gasteiger partial charge >= 0.3 is 0 Å². The molecule has 1 aromatic heterocycles. The molecule has 3 aromatic rings. The van der Waals surface area contributed by atoms with Crippen LogP contribution in [0.5, 0.6) is 0 Å². The number of rotatable bonds is 3. The first kappa shape index (κ1) is 15.0. The standard InChI is InChI=1S/C17H14F2N4/c1-10-3-4-11(7-14(10)21)17-22-15-8-12(18)13(19)9-16(15)23(17)6-2-5-20/h3-4,7-9H,2,6,21H2,1H3. The quantitative estimate of drug-likeness (QED) is 0.748. The van der Waals surface area contributed by atoms with E-state index in [0.29, 0.717) is 29.1 Å². The van der Waals surface area contributed by atoms with E-state index in [9.17, 15) is 8.78 Å². The Balaban J connectivity index is 2.25. The molecule has 4 nitrogen and oxygen atoms in total. The number of hydrogen-bond acceptors (Lipinski definition) is 3. The summed E-state index contributed by atoms with van der Waals surface area (Å²) in [5, 5.41) is 8.84. The van der Waals surface area contributed by atoms with Gasteiger partial charge in [-0.25, -0.2) is 13.8 Å². The Kier molecular flexibility index (Phi) is 3.70. The summed E-state index contributed by atoms with van der Waals surface area (Å²) in [4.78, 5) is 4.40. The highest BCUT2D eigenvalue weighted by Crippen LogP contribution is 2.28. The number of aromatic nitrogens is 2. The second-order valence-electron chi connectivity index (χ2n) is 5.32. The number of imidazole rings is 1. The van der Waals surface area contributed by atoms with E-state index in [1.54, 1.807) is 10.6 Å². The molecule has 0 unspecified atom stereocenters. The fourth-order valence-electron chi connectivity index (χ4n) is 2.51. The molecule has 116 valence electrons. The number of halogens is 2. The highest BCUT2D eigenvalue weighted by Gasteiger charge is 2.16. The minimum absolute atomic E-state index is 0.235. The molecule has 0 bridgehead atoms. The van der Waals surface area contributed by atoms with Crippen LogP contribution in [0.15, 0.2) is 30.3 Å². The summed E-state index contributed by atoms with van der Waals surface area (Å²) in [6.07, 6.45) is 0.235. The van der Waals surface area contributed by atoms with Crippen LogP contribution >= 0.6 is 0 Å². The Hall–Kier alpha value is -2.94. The number of nitriles is 1. The van der Waals surface area contributed by atoms with Crippen LogP contribution in [0.3, 0.4) is 0 Å². The van der Waals surface area contributed by atoms with Gasteiger partial charge in [0.2, 0.25) is 0 Å². The summed E-state index contributed by atoms with van der Waals surface area (Å²) in [6, 6.07) is 9.71. The lowest BCUT2D eigenvalue weighted by atomic mass is 10.1. The average molecular weight is 312 g/mol. The van der Waals surface area contributed by atoms with Crippen molar-refractivity contribution in [3.05, 3.63) is 47.5 Å². The second kappa shape index (κ2) is 5.69. The van der Waals surface area contributed by atoms with Crippen molar-refractivity contribution in [2.24, 2.45) is 0 Å². The van der Waals surface area contributed by atoms with Crippen LogP contribution in [0.1, 0.15) is 12.0 Å². The lowest BCUT2D eigenvalue weighted by Gasteiger charge is -2.09. The Morgan fingerprint density at radius 3 is 2.65 bits per heavy atom. The molecule has 0 saturated heterocycles. The van der Waals surface area contributed by atoms with Gasteiger partial charge in [-0.15, -0.1) is 0 Å². The monoisotopic (exact) mass is 312 g/mol. The van der Waals surface area contributed by atoms with Crippen molar-refractivity contribution in [3.8, 4) is 17.5 Å². The molecule has 0 radical (unpaired) electrons. The van der Waals surface area contributed by atoms with Crippen LogP contribution in [-0.2, 0) is 6.54 Å². The lowest BCUT2D eigenvalue weighted by molar-refractivity contribution is 0.510. The van der Waals surface area contributed by atoms with E-state index in [0.717, 1.165) is 23.3 Å². The highest BCUT2D eigenvalue weighted by atomic mass is 19.2. The molecule has 0 fully saturated rings. The molecule has 1 heterocycles. The zero-order valence-corrected chi connectivity index (χ0v) is 12.5. The molecule has 0 aliphatic carbocycles. The number of fused-ring (bicyclic) bond motifs is 1. The topological polar surface area (TPSA) is 67.6 Å². The van der Waals surface area contributed by atoms with Crippen LogP contribution in [0, 0.1) is 29.9 Å². The summed E-state index contributed by atoms with van der Waals surface area (Å²) in [5.74, 6) is -1.35. The van der Waals surface area contributed by atoms with Crippen molar-refractivity contribution in [2.75, 3.05) is 5.73 Å². The van der Waals surface area contributed by atoms with Gasteiger partial charge in [0.15, 0.2) is 11.6 Å². The highest BCUT2D eigenvalue weighted by molar-refractivity contribution is 5.81. The van der Waals surface area contributed by atoms with Gasteiger partial charge in [-0.1, -0.05) is 12.1 Å². The van der Waals surface area contributed by atoms with Gasteiger partial charge in [-0.3, -0.25) is 0 Å². The first-order chi connectivity index (χ1) is 11.0. The van der Waals surface area contributed by atoms with Gasteiger partial charge in [0.05, 0.1) is 23.5 Å². The third kappa shape index (κ3) is 2.61. The molecule has 0 amide bonds. The predicted molar refractivity (Wildman–Crippen MR) is 84.5 cm³/mol. The van der Waals surface area contributed by atoms with E-state index in [-0.39, 0.29) is 6.42 Å². The largest absolute Gasteiger partial charge is 0.398 e. The third-order valence-corrected chi connectivity index (χ3v) is 3.77. The van der Waals surface area contributed by atoms with E-state index in [2.05, 4.69) is 11.1 Å². The van der Waals surface area contributed by atoms with Gasteiger partial charge in [0, 0.05) is 29.9 Å². The third-order valence-electron chi connectivity index (χ3n) is 3.77. The number of nitrogens with zero attached hydrogens (tertiary/aromatic N) is 3. The van der Waals surface area contributed by atoms with Crippen molar-refractivity contribution in [3.63, 3.8) is 0 Å². The molecule has 23 heavy (non-hydrogen) atoms. The Morgan fingerprint density at radius 2 is 1.96 bits per heavy atom. The number of hydrogen-bond donors (Lipinski definition) is 1. The normalized spacial score (nSPS) is 10.9. The summed E-state index contributed by atoms with van der Waals surface area (Å²) < 4.78 is 28.8. The zero-order chi connectivity index (χ0) is 16.6. The molecule has 0 spiro atoms. The molecule has 0 aliphatic rings. The van der Waals surface area contributed by atoms with Crippen LogP contribution in [0.4, 0.5) is 14.5 Å². The fraction of sp³-hybridized carbons (Fsp3) is 0.176. The lowest BCUT2D eigenvalue weighted by Crippen LogP contribution is -2.01. The maximum Gasteiger partial charge on any atom is 0.161 e. The number of nitrogens with two attached hydrogens (primary N) is 1. The van der Waals surface area contributed by atoms with E-state index >= 15 is 0 Å². The fourth-order valence-corrected chi connectivity index (χ4v) is 2.51. The first-order valence-electron chi connectivity index (χ1n) is 7.10. The molecular formula is C17H14F2N4. The van der Waals surface area contributed by atoms with Crippen molar-refractivity contribution in [1.82, 2.24) is 9.55 Å². The van der Waals surface area contributed by atoms with Crippen LogP contribution in [0.2, 0.25) is 0 Å². The van der Waals surface area contributed by atoms with Gasteiger partial charge in [0.1, 0.15) is 5.82 Å². The molecule has 0 aliphatic heterocycles. The maximum absolute atomic E-state index is 13.6. The first-order valence-corrected chi connectivity index (χ1v) is 7.10. The zero-order valence-electron chi connectivity index (χ0n) is 12.5. The molecule has 2 N–H and O–H groups in total. The van der Waals surface area contributed by atoms with Crippen LogP contribution in [0.25, 0.3) is 22.4 Å². The molecule has 0 atom stereocenters. The van der Waals surface area contributed by atoms with Gasteiger partial charge < -0.3 is 10.3 Å². The molecule has 3 rings (SSSR count). The maximum atomic E-state index is 13.6. The van der Waals surface area contributed by atoms with Crippen molar-refractivity contribution >= 4 is 16.7 Å². The minimum Gasteiger partial charge on any atom is -0.398 e. The summed E-state index contributed by atoms with van der Waals surface area (Å²) in [5.41, 5.74) is 9.02. The van der Waals surface area contributed by atoms with E-state index in [4.69, 9.17) is 11.0 Å². The average Bonchev–Trinajstić information content (AvgIpc) is 2.86. The Labute approximate surface area is 131 Å². The van der Waals surface area contributed by atoms with Crippen LogP contribution in [-0.4, -0.2) is 9.55 Å². The van der Waals surface area contributed by atoms with Crippen LogP contribution < -0.4 is 5.73 Å². The number of nitrogen functional groups attached to an aromatic ring is 1. The molecular weight excluding hydrogens is 298 g/mol. The summed E-state index contributed by atoms with van der Waals surface area (Å²) in [7, 11) is 0. The molecule has 2 aromatic carbocycles. The smallest absolute Gasteiger partial charge is 0.161 e. The molecule has 6 heteroatoms. The number of aryl methyl sites for hydroxylation is 2. The second-order valence-corrected chi connectivity index (χ2v) is 5.32. The number of anilines is 1. The SMILES string of the molecule is Cc1ccc(-c2nc3cc(F)c(F)cc3n2CCC#N)cc1N. The number of benzene rings is 2. The summed E-state index contributed by atoms with van der Waals surface area (Å²) in [6.45, 7) is 2.23. The van der Waals surface area contributed by atoms with Gasteiger partial charge in [0.25, 0.3) is 0 Å². The van der Waals surface area contributed by atoms with Gasteiger partial charge in [-0.2, -0.15) is 5.26 Å². The van der Waals surface area contributed by atoms with E-state index in [1.165, 1.54) is 0 Å². The minimum atomic E-state index is -0.947. The van der Waals surface area contributed by atoms with E-state index in [1.807, 2.05) is 19.1 Å². The van der Waals surface area contributed by atoms with E-state index < -0.39 is 11.6 Å². The summed E-state index contributed by atoms with van der Waals surface area (Å²) >= 11 is 0. The Bertz CT molecular complexity index is 938. The van der Waals surface area contributed by atoms with Crippen molar-refractivity contribution < 1.29 is 8.78 Å². The molecule has 0 saturated carbocycles. The Morgan fingerprint density at radius 1 is 1.22 bits per heavy atom. The van der Waals surface area contributed by atoms with Crippen molar-refractivity contribution in [1.29, 1.82) is 5.26 Å². The predicted octanol–water partition coefficient (Wildman–Crippen LogP) is 3.79. The van der Waals surface area contributed by atoms with Gasteiger partial charge in [-0.05, 0) is 18.6 Å².